The fourth-order valence-corrected chi connectivity index (χ4v) is 3.42. The second-order valence-electron chi connectivity index (χ2n) is 6.84. The van der Waals surface area contributed by atoms with Crippen molar-refractivity contribution in [2.75, 3.05) is 13.6 Å². The second-order valence-corrected chi connectivity index (χ2v) is 6.84. The van der Waals surface area contributed by atoms with Gasteiger partial charge in [0.15, 0.2) is 5.82 Å². The zero-order valence-corrected chi connectivity index (χ0v) is 15.6. The number of H-pyrrole nitrogens is 1. The summed E-state index contributed by atoms with van der Waals surface area (Å²) in [5.41, 5.74) is 5.84. The number of hydrogen-bond donors (Lipinski definition) is 2. The zero-order chi connectivity index (χ0) is 19.2. The molecule has 0 fully saturated rings. The first-order chi connectivity index (χ1) is 13.1. The highest BCUT2D eigenvalue weighted by molar-refractivity contribution is 5.95. The van der Waals surface area contributed by atoms with Crippen LogP contribution >= 0.6 is 0 Å². The molecular weight excluding hydrogens is 336 g/mol. The molecule has 0 bridgehead atoms. The quantitative estimate of drug-likeness (QED) is 0.734. The number of hydrogen-bond acceptors (Lipinski definition) is 4. The van der Waals surface area contributed by atoms with E-state index in [2.05, 4.69) is 34.0 Å². The molecule has 5 heteroatoms. The van der Waals surface area contributed by atoms with Gasteiger partial charge >= 0.3 is 0 Å². The molecular formula is C22H24N4O. The van der Waals surface area contributed by atoms with Gasteiger partial charge in [-0.25, -0.2) is 4.98 Å². The molecule has 0 saturated carbocycles. The average Bonchev–Trinajstić information content (AvgIpc) is 3.18. The molecule has 27 heavy (non-hydrogen) atoms. The monoisotopic (exact) mass is 360 g/mol. The van der Waals surface area contributed by atoms with Crippen LogP contribution in [-0.2, 0) is 6.42 Å². The SMILES string of the molecule is C=C(CNC)c1ccc(CC(=O)c2ncc(C#N)[nH]2)c(C2=CCCCC2)c1. The Labute approximate surface area is 159 Å². The van der Waals surface area contributed by atoms with Gasteiger partial charge in [0.2, 0.25) is 5.78 Å². The van der Waals surface area contributed by atoms with Crippen LogP contribution in [0.3, 0.4) is 0 Å². The summed E-state index contributed by atoms with van der Waals surface area (Å²) in [6.45, 7) is 4.88. The Bertz CT molecular complexity index is 930. The van der Waals surface area contributed by atoms with Gasteiger partial charge in [0.1, 0.15) is 11.8 Å². The van der Waals surface area contributed by atoms with Gasteiger partial charge in [0.05, 0.1) is 6.20 Å². The molecule has 0 saturated heterocycles. The van der Waals surface area contributed by atoms with Gasteiger partial charge in [0.25, 0.3) is 0 Å². The summed E-state index contributed by atoms with van der Waals surface area (Å²) in [6, 6.07) is 8.17. The molecule has 2 aromatic rings. The number of Topliss-reactive ketones (excluding diaryl/α,β-unsaturated/α-hetero) is 1. The van der Waals surface area contributed by atoms with Crippen LogP contribution in [0, 0.1) is 11.3 Å². The molecule has 1 heterocycles. The van der Waals surface area contributed by atoms with Gasteiger partial charge in [-0.05, 0) is 66.6 Å². The van der Waals surface area contributed by atoms with E-state index in [4.69, 9.17) is 5.26 Å². The molecule has 2 N–H and O–H groups in total. The van der Waals surface area contributed by atoms with Crippen LogP contribution in [0.25, 0.3) is 11.1 Å². The number of nitriles is 1. The Balaban J connectivity index is 1.93. The van der Waals surface area contributed by atoms with Crippen LogP contribution in [0.5, 0.6) is 0 Å². The zero-order valence-electron chi connectivity index (χ0n) is 15.6. The highest BCUT2D eigenvalue weighted by Crippen LogP contribution is 2.31. The van der Waals surface area contributed by atoms with E-state index in [0.717, 1.165) is 41.6 Å². The van der Waals surface area contributed by atoms with Crippen molar-refractivity contribution in [2.24, 2.45) is 0 Å². The Kier molecular flexibility index (Phi) is 6.00. The smallest absolute Gasteiger partial charge is 0.202 e. The van der Waals surface area contributed by atoms with Crippen LogP contribution in [0.2, 0.25) is 0 Å². The standard InChI is InChI=1S/C22H24N4O/c1-15(13-24-2)17-8-9-18(20(10-17)16-6-4-3-5-7-16)11-21(27)22-25-14-19(12-23)26-22/h6,8-10,14,24H,1,3-5,7,11,13H2,2H3,(H,25,26). The molecule has 0 aliphatic heterocycles. The Hall–Kier alpha value is -2.97. The number of nitrogens with one attached hydrogen (secondary N) is 2. The first kappa shape index (κ1) is 18.8. The molecule has 0 unspecified atom stereocenters. The van der Waals surface area contributed by atoms with Gasteiger partial charge in [-0.15, -0.1) is 0 Å². The number of nitrogens with zero attached hydrogens (tertiary/aromatic N) is 2. The van der Waals surface area contributed by atoms with Gasteiger partial charge in [0, 0.05) is 13.0 Å². The number of carbonyl (C=O) groups is 1. The Morgan fingerprint density at radius 1 is 1.41 bits per heavy atom. The second kappa shape index (κ2) is 8.61. The van der Waals surface area contributed by atoms with Gasteiger partial charge < -0.3 is 10.3 Å². The molecule has 0 spiro atoms. The van der Waals surface area contributed by atoms with Crippen molar-refractivity contribution in [2.45, 2.75) is 32.1 Å². The van der Waals surface area contributed by atoms with Crippen molar-refractivity contribution < 1.29 is 4.79 Å². The van der Waals surface area contributed by atoms with Crippen molar-refractivity contribution in [1.29, 1.82) is 5.26 Å². The average molecular weight is 360 g/mol. The predicted molar refractivity (Wildman–Crippen MR) is 107 cm³/mol. The van der Waals surface area contributed by atoms with E-state index in [0.29, 0.717) is 5.69 Å². The highest BCUT2D eigenvalue weighted by Gasteiger charge is 2.17. The number of benzene rings is 1. The molecule has 0 atom stereocenters. The summed E-state index contributed by atoms with van der Waals surface area (Å²) >= 11 is 0. The van der Waals surface area contributed by atoms with Gasteiger partial charge in [-0.3, -0.25) is 4.79 Å². The third-order valence-corrected chi connectivity index (χ3v) is 4.86. The lowest BCUT2D eigenvalue weighted by molar-refractivity contribution is 0.0984. The molecule has 1 aromatic heterocycles. The van der Waals surface area contributed by atoms with E-state index in [1.165, 1.54) is 24.6 Å². The van der Waals surface area contributed by atoms with Gasteiger partial charge in [-0.1, -0.05) is 24.8 Å². The number of imidazole rings is 1. The maximum absolute atomic E-state index is 12.6. The molecule has 0 radical (unpaired) electrons. The van der Waals surface area contributed by atoms with E-state index in [-0.39, 0.29) is 18.0 Å². The number of aromatic nitrogens is 2. The van der Waals surface area contributed by atoms with E-state index < -0.39 is 0 Å². The van der Waals surface area contributed by atoms with Crippen LogP contribution in [-0.4, -0.2) is 29.3 Å². The Morgan fingerprint density at radius 2 is 2.26 bits per heavy atom. The van der Waals surface area contributed by atoms with E-state index in [1.807, 2.05) is 25.2 Å². The number of rotatable bonds is 7. The molecule has 138 valence electrons. The van der Waals surface area contributed by atoms with Crippen molar-refractivity contribution in [3.8, 4) is 6.07 Å². The maximum Gasteiger partial charge on any atom is 0.202 e. The predicted octanol–water partition coefficient (Wildman–Crippen LogP) is 3.90. The van der Waals surface area contributed by atoms with Crippen molar-refractivity contribution in [1.82, 2.24) is 15.3 Å². The van der Waals surface area contributed by atoms with E-state index in [1.54, 1.807) is 0 Å². The third-order valence-electron chi connectivity index (χ3n) is 4.86. The number of carbonyl (C=O) groups excluding carboxylic acids is 1. The highest BCUT2D eigenvalue weighted by atomic mass is 16.1. The summed E-state index contributed by atoms with van der Waals surface area (Å²) in [6.07, 6.45) is 8.43. The van der Waals surface area contributed by atoms with Crippen molar-refractivity contribution in [3.63, 3.8) is 0 Å². The van der Waals surface area contributed by atoms with Gasteiger partial charge in [-0.2, -0.15) is 5.26 Å². The van der Waals surface area contributed by atoms with Crippen molar-refractivity contribution in [3.05, 3.63) is 65.3 Å². The molecule has 1 aliphatic carbocycles. The summed E-state index contributed by atoms with van der Waals surface area (Å²) in [5.74, 6) is 0.120. The minimum Gasteiger partial charge on any atom is -0.327 e. The van der Waals surface area contributed by atoms with Crippen LogP contribution in [0.1, 0.15) is 58.7 Å². The number of allylic oxidation sites excluding steroid dienone is 2. The number of ketones is 1. The molecule has 1 aromatic carbocycles. The normalized spacial score (nSPS) is 13.7. The summed E-state index contributed by atoms with van der Waals surface area (Å²) < 4.78 is 0. The minimum absolute atomic E-state index is 0.115. The largest absolute Gasteiger partial charge is 0.327 e. The van der Waals surface area contributed by atoms with Crippen LogP contribution in [0.4, 0.5) is 0 Å². The molecule has 3 rings (SSSR count). The summed E-state index contributed by atoms with van der Waals surface area (Å²) in [7, 11) is 1.90. The first-order valence-electron chi connectivity index (χ1n) is 9.25. The lowest BCUT2D eigenvalue weighted by atomic mass is 9.87. The Morgan fingerprint density at radius 3 is 2.93 bits per heavy atom. The summed E-state index contributed by atoms with van der Waals surface area (Å²) in [4.78, 5) is 19.4. The maximum atomic E-state index is 12.6. The van der Waals surface area contributed by atoms with E-state index >= 15 is 0 Å². The first-order valence-corrected chi connectivity index (χ1v) is 9.25. The summed E-state index contributed by atoms with van der Waals surface area (Å²) in [5, 5.41) is 12.0. The molecule has 5 nitrogen and oxygen atoms in total. The fraction of sp³-hybridized carbons (Fsp3) is 0.318. The number of likely N-dealkylation sites (N-methyl/N-ethyl adjacent to an activating group) is 1. The molecule has 1 aliphatic rings. The fourth-order valence-electron chi connectivity index (χ4n) is 3.42. The third kappa shape index (κ3) is 4.42. The van der Waals surface area contributed by atoms with Crippen LogP contribution in [0.15, 0.2) is 37.1 Å². The number of aromatic amines is 1. The van der Waals surface area contributed by atoms with Crippen molar-refractivity contribution >= 4 is 16.9 Å². The van der Waals surface area contributed by atoms with E-state index in [9.17, 15) is 4.79 Å². The van der Waals surface area contributed by atoms with Crippen LogP contribution < -0.4 is 5.32 Å². The topological polar surface area (TPSA) is 81.6 Å². The molecule has 0 amide bonds. The lowest BCUT2D eigenvalue weighted by Gasteiger charge is -2.18. The lowest BCUT2D eigenvalue weighted by Crippen LogP contribution is -2.11. The minimum atomic E-state index is -0.115.